The number of thiazole rings is 1. The van der Waals surface area contributed by atoms with Gasteiger partial charge in [-0.3, -0.25) is 9.59 Å². The quantitative estimate of drug-likeness (QED) is 0.347. The zero-order valence-electron chi connectivity index (χ0n) is 18.1. The number of H-pyrrole nitrogens is 1. The molecule has 0 aliphatic carbocycles. The molecule has 2 heterocycles. The average Bonchev–Trinajstić information content (AvgIpc) is 3.39. The summed E-state index contributed by atoms with van der Waals surface area (Å²) in [6.45, 7) is 1.34. The average molecular weight is 487 g/mol. The molecule has 2 aromatic carbocycles. The van der Waals surface area contributed by atoms with Crippen molar-refractivity contribution in [2.24, 2.45) is 0 Å². The Morgan fingerprint density at radius 2 is 1.94 bits per heavy atom. The number of carbonyl (C=O) groups excluding carboxylic acids is 2. The summed E-state index contributed by atoms with van der Waals surface area (Å²) in [5, 5.41) is 6.66. The smallest absolute Gasteiger partial charge is 0.361 e. The summed E-state index contributed by atoms with van der Waals surface area (Å²) in [7, 11) is 0. The number of amides is 2. The number of hydrogen-bond donors (Lipinski definition) is 3. The van der Waals surface area contributed by atoms with E-state index in [1.807, 2.05) is 30.5 Å². The van der Waals surface area contributed by atoms with Gasteiger partial charge in [0.2, 0.25) is 11.8 Å². The van der Waals surface area contributed by atoms with Crippen LogP contribution in [-0.2, 0) is 28.6 Å². The Bertz CT molecular complexity index is 1330. The normalized spacial score (nSPS) is 12.5. The number of aromatic nitrogens is 2. The summed E-state index contributed by atoms with van der Waals surface area (Å²) in [5.41, 5.74) is 1.60. The van der Waals surface area contributed by atoms with Crippen molar-refractivity contribution in [2.75, 3.05) is 5.32 Å². The first-order valence-electron chi connectivity index (χ1n) is 10.4. The topological polar surface area (TPSA) is 86.9 Å². The van der Waals surface area contributed by atoms with Crippen molar-refractivity contribution in [3.63, 3.8) is 0 Å². The van der Waals surface area contributed by atoms with Gasteiger partial charge in [-0.2, -0.15) is 13.2 Å². The maximum atomic E-state index is 13.0. The van der Waals surface area contributed by atoms with Crippen molar-refractivity contribution in [1.29, 1.82) is 0 Å². The number of hydrogen-bond acceptors (Lipinski definition) is 4. The molecule has 0 radical (unpaired) electrons. The zero-order chi connectivity index (χ0) is 24.3. The van der Waals surface area contributed by atoms with Gasteiger partial charge in [-0.15, -0.1) is 11.3 Å². The number of rotatable bonds is 7. The number of benzene rings is 2. The molecule has 0 saturated carbocycles. The standard InChI is InChI=1S/C24H21F3N4O2S/c1-14(32)30-21(11-16-12-28-20-8-3-2-7-19(16)20)22(33)31-23-29-13-18(34-23)10-15-5-4-6-17(9-15)24(25,26)27/h2-9,12-13,21,28H,10-11H2,1H3,(H,30,32)(H,29,31,33). The van der Waals surface area contributed by atoms with E-state index in [2.05, 4.69) is 20.6 Å². The number of aromatic amines is 1. The van der Waals surface area contributed by atoms with Crippen LogP contribution in [-0.4, -0.2) is 27.8 Å². The molecular formula is C24H21F3N4O2S. The minimum Gasteiger partial charge on any atom is -0.361 e. The van der Waals surface area contributed by atoms with Gasteiger partial charge >= 0.3 is 6.18 Å². The van der Waals surface area contributed by atoms with E-state index in [4.69, 9.17) is 0 Å². The summed E-state index contributed by atoms with van der Waals surface area (Å²) < 4.78 is 38.9. The van der Waals surface area contributed by atoms with E-state index < -0.39 is 23.7 Å². The van der Waals surface area contributed by atoms with Crippen LogP contribution in [0, 0.1) is 0 Å². The second-order valence-electron chi connectivity index (χ2n) is 7.81. The van der Waals surface area contributed by atoms with Gasteiger partial charge in [0.1, 0.15) is 6.04 Å². The van der Waals surface area contributed by atoms with Gasteiger partial charge in [-0.05, 0) is 23.3 Å². The lowest BCUT2D eigenvalue weighted by atomic mass is 10.0. The predicted octanol–water partition coefficient (Wildman–Crippen LogP) is 4.92. The van der Waals surface area contributed by atoms with Gasteiger partial charge in [0.05, 0.1) is 5.56 Å². The summed E-state index contributed by atoms with van der Waals surface area (Å²) >= 11 is 1.17. The second kappa shape index (κ2) is 9.68. The van der Waals surface area contributed by atoms with E-state index in [9.17, 15) is 22.8 Å². The Hall–Kier alpha value is -3.66. The summed E-state index contributed by atoms with van der Waals surface area (Å²) in [6, 6.07) is 11.9. The number of para-hydroxylation sites is 1. The lowest BCUT2D eigenvalue weighted by Crippen LogP contribution is -2.44. The second-order valence-corrected chi connectivity index (χ2v) is 8.93. The Labute approximate surface area is 197 Å². The maximum absolute atomic E-state index is 13.0. The molecule has 176 valence electrons. The van der Waals surface area contributed by atoms with Gasteiger partial charge in [-0.1, -0.05) is 36.4 Å². The first kappa shape index (κ1) is 23.5. The number of halogens is 3. The molecule has 6 nitrogen and oxygen atoms in total. The van der Waals surface area contributed by atoms with E-state index >= 15 is 0 Å². The lowest BCUT2D eigenvalue weighted by Gasteiger charge is -2.16. The van der Waals surface area contributed by atoms with Gasteiger partial charge in [0.15, 0.2) is 5.13 Å². The van der Waals surface area contributed by atoms with E-state index in [1.165, 1.54) is 30.5 Å². The molecule has 34 heavy (non-hydrogen) atoms. The van der Waals surface area contributed by atoms with Crippen LogP contribution in [0.4, 0.5) is 18.3 Å². The molecule has 0 aliphatic heterocycles. The largest absolute Gasteiger partial charge is 0.416 e. The summed E-state index contributed by atoms with van der Waals surface area (Å²) in [6.07, 6.45) is -0.552. The van der Waals surface area contributed by atoms with Crippen molar-refractivity contribution >= 4 is 39.2 Å². The minimum atomic E-state index is -4.41. The molecule has 10 heteroatoms. The molecule has 0 saturated heterocycles. The van der Waals surface area contributed by atoms with Gasteiger partial charge in [0, 0.05) is 47.9 Å². The molecule has 1 unspecified atom stereocenters. The van der Waals surface area contributed by atoms with Crippen molar-refractivity contribution in [3.05, 3.63) is 82.5 Å². The van der Waals surface area contributed by atoms with Crippen molar-refractivity contribution in [3.8, 4) is 0 Å². The highest BCUT2D eigenvalue weighted by Gasteiger charge is 2.30. The van der Waals surface area contributed by atoms with E-state index in [1.54, 1.807) is 6.07 Å². The molecule has 4 rings (SSSR count). The third-order valence-electron chi connectivity index (χ3n) is 5.21. The molecule has 0 aliphatic rings. The van der Waals surface area contributed by atoms with Crippen LogP contribution in [0.15, 0.2) is 60.9 Å². The van der Waals surface area contributed by atoms with Crippen LogP contribution in [0.2, 0.25) is 0 Å². The molecule has 4 aromatic rings. The highest BCUT2D eigenvalue weighted by Crippen LogP contribution is 2.30. The number of nitrogens with one attached hydrogen (secondary N) is 3. The lowest BCUT2D eigenvalue weighted by molar-refractivity contribution is -0.137. The van der Waals surface area contributed by atoms with Crippen LogP contribution >= 0.6 is 11.3 Å². The molecule has 3 N–H and O–H groups in total. The van der Waals surface area contributed by atoms with Crippen LogP contribution < -0.4 is 10.6 Å². The third-order valence-corrected chi connectivity index (χ3v) is 6.12. The first-order valence-corrected chi connectivity index (χ1v) is 11.2. The monoisotopic (exact) mass is 486 g/mol. The van der Waals surface area contributed by atoms with Gasteiger partial charge < -0.3 is 15.6 Å². The molecule has 0 spiro atoms. The molecule has 2 amide bonds. The minimum absolute atomic E-state index is 0.252. The van der Waals surface area contributed by atoms with E-state index in [0.717, 1.165) is 28.6 Å². The Morgan fingerprint density at radius 3 is 2.71 bits per heavy atom. The van der Waals surface area contributed by atoms with E-state index in [-0.39, 0.29) is 18.7 Å². The summed E-state index contributed by atoms with van der Waals surface area (Å²) in [4.78, 5) is 32.7. The van der Waals surface area contributed by atoms with Crippen molar-refractivity contribution < 1.29 is 22.8 Å². The van der Waals surface area contributed by atoms with Crippen molar-refractivity contribution in [2.45, 2.75) is 32.0 Å². The highest BCUT2D eigenvalue weighted by molar-refractivity contribution is 7.15. The fraction of sp³-hybridized carbons (Fsp3) is 0.208. The number of fused-ring (bicyclic) bond motifs is 1. The summed E-state index contributed by atoms with van der Waals surface area (Å²) in [5.74, 6) is -0.773. The fourth-order valence-electron chi connectivity index (χ4n) is 3.67. The fourth-order valence-corrected chi connectivity index (χ4v) is 4.52. The number of carbonyl (C=O) groups is 2. The molecule has 0 bridgehead atoms. The van der Waals surface area contributed by atoms with Crippen LogP contribution in [0.5, 0.6) is 0 Å². The molecule has 2 aromatic heterocycles. The van der Waals surface area contributed by atoms with Crippen LogP contribution in [0.3, 0.4) is 0 Å². The van der Waals surface area contributed by atoms with E-state index in [0.29, 0.717) is 15.6 Å². The highest BCUT2D eigenvalue weighted by atomic mass is 32.1. The number of anilines is 1. The van der Waals surface area contributed by atoms with Crippen LogP contribution in [0.1, 0.15) is 28.5 Å². The number of nitrogens with zero attached hydrogens (tertiary/aromatic N) is 1. The van der Waals surface area contributed by atoms with Gasteiger partial charge in [0.25, 0.3) is 0 Å². The van der Waals surface area contributed by atoms with Crippen molar-refractivity contribution in [1.82, 2.24) is 15.3 Å². The molecule has 0 fully saturated rings. The zero-order valence-corrected chi connectivity index (χ0v) is 18.9. The Kier molecular flexibility index (Phi) is 6.69. The predicted molar refractivity (Wildman–Crippen MR) is 125 cm³/mol. The van der Waals surface area contributed by atoms with Crippen LogP contribution in [0.25, 0.3) is 10.9 Å². The SMILES string of the molecule is CC(=O)NC(Cc1c[nH]c2ccccc12)C(=O)Nc1ncc(Cc2cccc(C(F)(F)F)c2)s1. The van der Waals surface area contributed by atoms with Gasteiger partial charge in [-0.25, -0.2) is 4.98 Å². The first-order chi connectivity index (χ1) is 16.2. The Morgan fingerprint density at radius 1 is 1.15 bits per heavy atom. The Balaban J connectivity index is 1.46. The third kappa shape index (κ3) is 5.63. The number of alkyl halides is 3. The molecule has 1 atom stereocenters. The maximum Gasteiger partial charge on any atom is 0.416 e. The molecular weight excluding hydrogens is 465 g/mol.